The molecule has 0 atom stereocenters. The second-order valence-corrected chi connectivity index (χ2v) is 8.13. The number of H-pyrrole nitrogens is 1. The summed E-state index contributed by atoms with van der Waals surface area (Å²) in [7, 11) is 1.70. The Balaban J connectivity index is 1.42. The molecule has 1 aromatic carbocycles. The Morgan fingerprint density at radius 1 is 1.39 bits per heavy atom. The fraction of sp³-hybridized carbons (Fsp3) is 0.238. The van der Waals surface area contributed by atoms with E-state index in [9.17, 15) is 14.0 Å². The molecule has 1 aliphatic rings. The summed E-state index contributed by atoms with van der Waals surface area (Å²) in [6.07, 6.45) is 2.94. The molecule has 0 spiro atoms. The van der Waals surface area contributed by atoms with Gasteiger partial charge in [0.05, 0.1) is 40.8 Å². The number of aromatic amines is 1. The van der Waals surface area contributed by atoms with E-state index in [1.807, 2.05) is 0 Å². The maximum Gasteiger partial charge on any atom is 0.255 e. The third-order valence-corrected chi connectivity index (χ3v) is 5.87. The van der Waals surface area contributed by atoms with Crippen molar-refractivity contribution >= 4 is 45.5 Å². The Hall–Kier alpha value is -4.04. The van der Waals surface area contributed by atoms with Crippen LogP contribution in [0.3, 0.4) is 0 Å². The molecule has 0 aliphatic carbocycles. The van der Waals surface area contributed by atoms with Gasteiger partial charge in [0.1, 0.15) is 22.7 Å². The summed E-state index contributed by atoms with van der Waals surface area (Å²) >= 11 is 5.90. The summed E-state index contributed by atoms with van der Waals surface area (Å²) in [5, 5.41) is 16.3. The minimum atomic E-state index is -0.581. The van der Waals surface area contributed by atoms with E-state index >= 15 is 0 Å². The second kappa shape index (κ2) is 7.83. The molecule has 1 saturated heterocycles. The van der Waals surface area contributed by atoms with Gasteiger partial charge in [0.25, 0.3) is 5.91 Å². The number of fused-ring (bicyclic) bond motifs is 2. The SMILES string of the molecule is Cn1nc(-c2cnc3[nH]cc(C(=O)NCC(=O)N4CC(C#N)C4)c3n2)c2cc(F)c(Cl)cc21. The van der Waals surface area contributed by atoms with Crippen LogP contribution in [0.25, 0.3) is 33.5 Å². The van der Waals surface area contributed by atoms with Gasteiger partial charge in [-0.3, -0.25) is 14.3 Å². The first-order valence-corrected chi connectivity index (χ1v) is 10.4. The molecular weight excluding hydrogens is 451 g/mol. The van der Waals surface area contributed by atoms with E-state index in [0.29, 0.717) is 46.5 Å². The lowest BCUT2D eigenvalue weighted by molar-refractivity contribution is -0.135. The van der Waals surface area contributed by atoms with Gasteiger partial charge in [-0.05, 0) is 12.1 Å². The number of nitriles is 1. The molecule has 166 valence electrons. The van der Waals surface area contributed by atoms with E-state index in [-0.39, 0.29) is 29.0 Å². The van der Waals surface area contributed by atoms with Gasteiger partial charge in [0.2, 0.25) is 5.91 Å². The summed E-state index contributed by atoms with van der Waals surface area (Å²) in [4.78, 5) is 38.1. The maximum atomic E-state index is 14.1. The molecule has 2 N–H and O–H groups in total. The van der Waals surface area contributed by atoms with Crippen molar-refractivity contribution in [3.05, 3.63) is 40.9 Å². The van der Waals surface area contributed by atoms with Crippen LogP contribution < -0.4 is 5.32 Å². The van der Waals surface area contributed by atoms with E-state index in [4.69, 9.17) is 16.9 Å². The van der Waals surface area contributed by atoms with Gasteiger partial charge in [-0.2, -0.15) is 10.4 Å². The Bertz CT molecular complexity index is 1480. The molecule has 4 aromatic rings. The molecule has 5 rings (SSSR count). The molecule has 1 aliphatic heterocycles. The zero-order valence-electron chi connectivity index (χ0n) is 17.3. The number of likely N-dealkylation sites (tertiary alicyclic amines) is 1. The van der Waals surface area contributed by atoms with Gasteiger partial charge in [-0.1, -0.05) is 11.6 Å². The second-order valence-electron chi connectivity index (χ2n) is 7.72. The van der Waals surface area contributed by atoms with Gasteiger partial charge in [0, 0.05) is 31.7 Å². The standard InChI is InChI=1S/C21H16ClFN8O2/c1-30-16-3-13(22)14(23)2-11(16)18(29-30)15-6-26-20-19(28-15)12(5-25-20)21(33)27-7-17(32)31-8-10(4-24)9-31/h2-3,5-6,10H,7-9H2,1H3,(H,25,26)(H,27,33). The number of nitrogens with one attached hydrogen (secondary N) is 2. The summed E-state index contributed by atoms with van der Waals surface area (Å²) < 4.78 is 15.7. The van der Waals surface area contributed by atoms with Gasteiger partial charge in [-0.15, -0.1) is 0 Å². The predicted octanol–water partition coefficient (Wildman–Crippen LogP) is 2.02. The Kier molecular flexibility index (Phi) is 4.94. The largest absolute Gasteiger partial charge is 0.344 e. The van der Waals surface area contributed by atoms with Gasteiger partial charge in [-0.25, -0.2) is 14.4 Å². The summed E-state index contributed by atoms with van der Waals surface area (Å²) in [5.74, 6) is -1.49. The molecule has 4 heterocycles. The zero-order valence-corrected chi connectivity index (χ0v) is 18.0. The first-order chi connectivity index (χ1) is 15.9. The van der Waals surface area contributed by atoms with Crippen LogP contribution in [-0.2, 0) is 11.8 Å². The highest BCUT2D eigenvalue weighted by atomic mass is 35.5. The van der Waals surface area contributed by atoms with Crippen molar-refractivity contribution in [3.8, 4) is 17.5 Å². The van der Waals surface area contributed by atoms with Crippen LogP contribution in [0.15, 0.2) is 24.5 Å². The summed E-state index contributed by atoms with van der Waals surface area (Å²) in [6, 6.07) is 4.87. The quantitative estimate of drug-likeness (QED) is 0.472. The van der Waals surface area contributed by atoms with E-state index in [0.717, 1.165) is 0 Å². The molecule has 10 nitrogen and oxygen atoms in total. The van der Waals surface area contributed by atoms with Crippen molar-refractivity contribution in [2.45, 2.75) is 0 Å². The van der Waals surface area contributed by atoms with E-state index in [1.54, 1.807) is 11.7 Å². The van der Waals surface area contributed by atoms with E-state index in [1.165, 1.54) is 29.4 Å². The lowest BCUT2D eigenvalue weighted by Gasteiger charge is -2.35. The van der Waals surface area contributed by atoms with Gasteiger partial charge >= 0.3 is 0 Å². The van der Waals surface area contributed by atoms with E-state index < -0.39 is 11.7 Å². The molecule has 0 radical (unpaired) electrons. The fourth-order valence-corrected chi connectivity index (χ4v) is 3.90. The first-order valence-electron chi connectivity index (χ1n) is 9.97. The van der Waals surface area contributed by atoms with Crippen LogP contribution in [0.5, 0.6) is 0 Å². The van der Waals surface area contributed by atoms with Crippen molar-refractivity contribution in [2.75, 3.05) is 19.6 Å². The topological polar surface area (TPSA) is 133 Å². The van der Waals surface area contributed by atoms with Crippen molar-refractivity contribution < 1.29 is 14.0 Å². The summed E-state index contributed by atoms with van der Waals surface area (Å²) in [5.41, 5.74) is 2.24. The molecule has 0 bridgehead atoms. The number of hydrogen-bond donors (Lipinski definition) is 2. The first kappa shape index (κ1) is 20.8. The molecule has 12 heteroatoms. The third kappa shape index (κ3) is 3.54. The number of hydrogen-bond acceptors (Lipinski definition) is 6. The minimum Gasteiger partial charge on any atom is -0.344 e. The molecular formula is C21H16ClFN8O2. The molecule has 0 saturated carbocycles. The van der Waals surface area contributed by atoms with Crippen LogP contribution >= 0.6 is 11.6 Å². The Morgan fingerprint density at radius 3 is 2.94 bits per heavy atom. The van der Waals surface area contributed by atoms with Crippen molar-refractivity contribution in [1.29, 1.82) is 5.26 Å². The molecule has 1 fully saturated rings. The average Bonchev–Trinajstić information content (AvgIpc) is 3.32. The van der Waals surface area contributed by atoms with Crippen molar-refractivity contribution in [2.24, 2.45) is 13.0 Å². The van der Waals surface area contributed by atoms with Crippen LogP contribution in [0.4, 0.5) is 4.39 Å². The molecule has 33 heavy (non-hydrogen) atoms. The number of aromatic nitrogens is 5. The van der Waals surface area contributed by atoms with Crippen LogP contribution in [0.2, 0.25) is 5.02 Å². The number of benzene rings is 1. The Morgan fingerprint density at radius 2 is 2.18 bits per heavy atom. The molecule has 3 aromatic heterocycles. The number of amides is 2. The highest BCUT2D eigenvalue weighted by Gasteiger charge is 2.30. The fourth-order valence-electron chi connectivity index (χ4n) is 3.75. The number of rotatable bonds is 4. The van der Waals surface area contributed by atoms with Crippen LogP contribution in [-0.4, -0.2) is 61.1 Å². The maximum absolute atomic E-state index is 14.1. The lowest BCUT2D eigenvalue weighted by atomic mass is 10.0. The molecule has 2 amide bonds. The van der Waals surface area contributed by atoms with E-state index in [2.05, 4.69) is 31.4 Å². The minimum absolute atomic E-state index is 0.0147. The van der Waals surface area contributed by atoms with Crippen LogP contribution in [0, 0.1) is 23.1 Å². The lowest BCUT2D eigenvalue weighted by Crippen LogP contribution is -2.52. The van der Waals surface area contributed by atoms with Gasteiger partial charge < -0.3 is 15.2 Å². The average molecular weight is 467 g/mol. The highest BCUT2D eigenvalue weighted by Crippen LogP contribution is 2.31. The van der Waals surface area contributed by atoms with Gasteiger partial charge in [0.15, 0.2) is 5.65 Å². The molecule has 0 unspecified atom stereocenters. The number of aryl methyl sites for hydroxylation is 1. The Labute approximate surface area is 191 Å². The van der Waals surface area contributed by atoms with Crippen molar-refractivity contribution in [1.82, 2.24) is 34.9 Å². The highest BCUT2D eigenvalue weighted by molar-refractivity contribution is 6.31. The monoisotopic (exact) mass is 466 g/mol. The number of halogens is 2. The third-order valence-electron chi connectivity index (χ3n) is 5.58. The smallest absolute Gasteiger partial charge is 0.255 e. The number of carbonyl (C=O) groups is 2. The van der Waals surface area contributed by atoms with Crippen molar-refractivity contribution in [3.63, 3.8) is 0 Å². The normalized spacial score (nSPS) is 13.8. The number of nitrogens with zero attached hydrogens (tertiary/aromatic N) is 6. The number of carbonyl (C=O) groups excluding carboxylic acids is 2. The summed E-state index contributed by atoms with van der Waals surface area (Å²) in [6.45, 7) is 0.551. The predicted molar refractivity (Wildman–Crippen MR) is 117 cm³/mol. The van der Waals surface area contributed by atoms with Crippen LogP contribution in [0.1, 0.15) is 10.4 Å². The zero-order chi connectivity index (χ0) is 23.3.